The molecule has 148 valence electrons. The fraction of sp³-hybridized carbons (Fsp3) is 0.100. The molecule has 2 heterocycles. The molecule has 5 nitrogen and oxygen atoms in total. The van der Waals surface area contributed by atoms with Crippen LogP contribution in [0.1, 0.15) is 0 Å². The van der Waals surface area contributed by atoms with Gasteiger partial charge in [0.25, 0.3) is 0 Å². The molecule has 0 unspecified atom stereocenters. The number of hydrogen-bond donors (Lipinski definition) is 1. The molecule has 4 rings (SSSR count). The summed E-state index contributed by atoms with van der Waals surface area (Å²) in [4.78, 5) is 7.74. The molecule has 0 saturated heterocycles. The van der Waals surface area contributed by atoms with E-state index in [-0.39, 0.29) is 0 Å². The first-order valence-electron chi connectivity index (χ1n) is 8.40. The molecule has 1 N–H and O–H groups in total. The van der Waals surface area contributed by atoms with Crippen LogP contribution >= 0.6 is 47.0 Å². The van der Waals surface area contributed by atoms with E-state index in [1.807, 2.05) is 12.3 Å². The van der Waals surface area contributed by atoms with E-state index in [0.29, 0.717) is 42.5 Å². The van der Waals surface area contributed by atoms with Crippen molar-refractivity contribution < 1.29 is 9.47 Å². The number of hydrogen-bond acceptors (Lipinski definition) is 4. The van der Waals surface area contributed by atoms with Crippen molar-refractivity contribution in [1.82, 2.24) is 14.4 Å². The van der Waals surface area contributed by atoms with E-state index in [9.17, 15) is 0 Å². The second kappa shape index (κ2) is 7.88. The summed E-state index contributed by atoms with van der Waals surface area (Å²) >= 11 is 24.3. The minimum absolute atomic E-state index is 0.446. The van der Waals surface area contributed by atoms with Gasteiger partial charge in [0.05, 0.1) is 30.0 Å². The second-order valence-electron chi connectivity index (χ2n) is 6.15. The van der Waals surface area contributed by atoms with E-state index in [4.69, 9.17) is 56.5 Å². The largest absolute Gasteiger partial charge is 0.496 e. The third-order valence-corrected chi connectivity index (χ3v) is 5.74. The molecule has 0 amide bonds. The third-order valence-electron chi connectivity index (χ3n) is 4.48. The van der Waals surface area contributed by atoms with Gasteiger partial charge in [-0.2, -0.15) is 0 Å². The maximum Gasteiger partial charge on any atom is 0.212 e. The van der Waals surface area contributed by atoms with Crippen molar-refractivity contribution in [2.24, 2.45) is 0 Å². The number of ether oxygens (including phenoxy) is 2. The fourth-order valence-corrected chi connectivity index (χ4v) is 4.11. The topological polar surface area (TPSA) is 51.5 Å². The molecule has 0 radical (unpaired) electrons. The molecule has 0 aliphatic heterocycles. The number of fused-ring (bicyclic) bond motifs is 1. The summed E-state index contributed by atoms with van der Waals surface area (Å²) in [7, 11) is 3.12. The molecular formula is C20H14Cl3N3O2S. The van der Waals surface area contributed by atoms with Gasteiger partial charge in [-0.3, -0.25) is 4.40 Å². The van der Waals surface area contributed by atoms with Gasteiger partial charge in [-0.05, 0) is 24.3 Å². The number of imidazole rings is 1. The van der Waals surface area contributed by atoms with E-state index in [1.54, 1.807) is 49.1 Å². The lowest BCUT2D eigenvalue weighted by molar-refractivity contribution is 0.404. The summed E-state index contributed by atoms with van der Waals surface area (Å²) in [6.07, 6.45) is 3.54. The van der Waals surface area contributed by atoms with E-state index in [0.717, 1.165) is 16.8 Å². The van der Waals surface area contributed by atoms with Gasteiger partial charge in [0.1, 0.15) is 16.1 Å². The van der Waals surface area contributed by atoms with Crippen molar-refractivity contribution in [1.29, 1.82) is 0 Å². The molecule has 0 aliphatic carbocycles. The van der Waals surface area contributed by atoms with Gasteiger partial charge < -0.3 is 14.5 Å². The molecule has 0 saturated carbocycles. The Kier molecular flexibility index (Phi) is 5.44. The van der Waals surface area contributed by atoms with Gasteiger partial charge >= 0.3 is 0 Å². The molecular weight excluding hydrogens is 453 g/mol. The molecule has 0 aliphatic rings. The number of benzene rings is 2. The number of H-pyrrole nitrogens is 1. The zero-order valence-electron chi connectivity index (χ0n) is 15.3. The molecule has 0 spiro atoms. The summed E-state index contributed by atoms with van der Waals surface area (Å²) in [5.41, 5.74) is 3.00. The molecule has 2 aromatic heterocycles. The summed E-state index contributed by atoms with van der Waals surface area (Å²) in [6, 6.07) is 8.77. The Bertz CT molecular complexity index is 1300. The normalized spacial score (nSPS) is 11.1. The Morgan fingerprint density at radius 1 is 0.931 bits per heavy atom. The summed E-state index contributed by atoms with van der Waals surface area (Å²) in [5, 5.41) is 1.54. The van der Waals surface area contributed by atoms with Crippen LogP contribution in [0, 0.1) is 4.64 Å². The number of nitrogens with one attached hydrogen (secondary N) is 1. The first-order valence-corrected chi connectivity index (χ1v) is 9.95. The maximum atomic E-state index is 6.34. The van der Waals surface area contributed by atoms with Crippen LogP contribution in [0.4, 0.5) is 0 Å². The van der Waals surface area contributed by atoms with Crippen LogP contribution in [-0.4, -0.2) is 28.6 Å². The lowest BCUT2D eigenvalue weighted by Crippen LogP contribution is -1.96. The molecule has 29 heavy (non-hydrogen) atoms. The molecule has 0 fully saturated rings. The highest BCUT2D eigenvalue weighted by molar-refractivity contribution is 7.71. The zero-order chi connectivity index (χ0) is 20.7. The first kappa shape index (κ1) is 20.0. The SMILES string of the molecule is COc1cc(-c2cnc3[nH]c(-c4ccc(Cl)cc4Cl)cn3c2=S)c(OC)cc1Cl. The Hall–Kier alpha value is -2.25. The van der Waals surface area contributed by atoms with Crippen molar-refractivity contribution in [3.05, 3.63) is 62.4 Å². The van der Waals surface area contributed by atoms with E-state index >= 15 is 0 Å². The van der Waals surface area contributed by atoms with E-state index in [1.165, 1.54) is 0 Å². The predicted molar refractivity (Wildman–Crippen MR) is 119 cm³/mol. The van der Waals surface area contributed by atoms with Crippen molar-refractivity contribution >= 4 is 52.8 Å². The molecule has 0 atom stereocenters. The van der Waals surface area contributed by atoms with Gasteiger partial charge in [0.15, 0.2) is 0 Å². The molecule has 2 aromatic carbocycles. The van der Waals surface area contributed by atoms with Gasteiger partial charge in [-0.1, -0.05) is 47.0 Å². The number of aromatic nitrogens is 3. The number of aromatic amines is 1. The van der Waals surface area contributed by atoms with Crippen LogP contribution in [0.25, 0.3) is 28.2 Å². The first-order chi connectivity index (χ1) is 13.9. The van der Waals surface area contributed by atoms with Crippen molar-refractivity contribution in [3.63, 3.8) is 0 Å². The van der Waals surface area contributed by atoms with Crippen molar-refractivity contribution in [3.8, 4) is 33.9 Å². The maximum absolute atomic E-state index is 6.34. The monoisotopic (exact) mass is 465 g/mol. The lowest BCUT2D eigenvalue weighted by Gasteiger charge is -2.12. The molecule has 4 aromatic rings. The number of rotatable bonds is 4. The second-order valence-corrected chi connectivity index (χ2v) is 7.79. The molecule has 0 bridgehead atoms. The van der Waals surface area contributed by atoms with E-state index < -0.39 is 0 Å². The Labute approximate surface area is 186 Å². The minimum Gasteiger partial charge on any atom is -0.496 e. The fourth-order valence-electron chi connectivity index (χ4n) is 3.06. The Balaban J connectivity index is 1.91. The van der Waals surface area contributed by atoms with Gasteiger partial charge in [0, 0.05) is 40.2 Å². The van der Waals surface area contributed by atoms with Gasteiger partial charge in [0.2, 0.25) is 5.78 Å². The minimum atomic E-state index is 0.446. The lowest BCUT2D eigenvalue weighted by atomic mass is 10.1. The zero-order valence-corrected chi connectivity index (χ0v) is 18.4. The standard InChI is InChI=1S/C20H14Cl3N3O2S/c1-27-17-7-15(23)18(28-2)6-12(17)13-8-24-20-25-16(9-26(20)19(13)29)11-4-3-10(21)5-14(11)22/h3-9H,1-2H3,(H,24,25). The Morgan fingerprint density at radius 3 is 2.38 bits per heavy atom. The van der Waals surface area contributed by atoms with Gasteiger partial charge in [-0.15, -0.1) is 0 Å². The van der Waals surface area contributed by atoms with Crippen LogP contribution in [0.5, 0.6) is 11.5 Å². The van der Waals surface area contributed by atoms with Crippen LogP contribution in [-0.2, 0) is 0 Å². The Morgan fingerprint density at radius 2 is 1.69 bits per heavy atom. The number of nitrogens with zero attached hydrogens (tertiary/aromatic N) is 2. The summed E-state index contributed by atoms with van der Waals surface area (Å²) in [6.45, 7) is 0. The average Bonchev–Trinajstić information content (AvgIpc) is 3.13. The van der Waals surface area contributed by atoms with E-state index in [2.05, 4.69) is 9.97 Å². The quantitative estimate of drug-likeness (QED) is 0.340. The van der Waals surface area contributed by atoms with Crippen molar-refractivity contribution in [2.45, 2.75) is 0 Å². The summed E-state index contributed by atoms with van der Waals surface area (Å²) in [5.74, 6) is 1.67. The smallest absolute Gasteiger partial charge is 0.212 e. The third kappa shape index (κ3) is 3.57. The average molecular weight is 467 g/mol. The van der Waals surface area contributed by atoms with Crippen LogP contribution in [0.2, 0.25) is 15.1 Å². The van der Waals surface area contributed by atoms with Crippen molar-refractivity contribution in [2.75, 3.05) is 14.2 Å². The van der Waals surface area contributed by atoms with Gasteiger partial charge in [-0.25, -0.2) is 4.98 Å². The van der Waals surface area contributed by atoms with Crippen LogP contribution in [0.15, 0.2) is 42.7 Å². The van der Waals surface area contributed by atoms with Crippen LogP contribution in [0.3, 0.4) is 0 Å². The number of halogens is 3. The highest BCUT2D eigenvalue weighted by Crippen LogP contribution is 2.39. The number of methoxy groups -OCH3 is 2. The highest BCUT2D eigenvalue weighted by Gasteiger charge is 2.16. The summed E-state index contributed by atoms with van der Waals surface area (Å²) < 4.78 is 13.2. The highest BCUT2D eigenvalue weighted by atomic mass is 35.5. The molecule has 9 heteroatoms. The predicted octanol–water partition coefficient (Wildman–Crippen LogP) is 6.70. The van der Waals surface area contributed by atoms with Crippen LogP contribution < -0.4 is 9.47 Å².